The van der Waals surface area contributed by atoms with E-state index in [1.807, 2.05) is 0 Å². The largest absolute Gasteiger partial charge is 0.460 e. The predicted molar refractivity (Wildman–Crippen MR) is 71.4 cm³/mol. The summed E-state index contributed by atoms with van der Waals surface area (Å²) >= 11 is 0. The van der Waals surface area contributed by atoms with Crippen molar-refractivity contribution in [2.75, 3.05) is 0 Å². The van der Waals surface area contributed by atoms with Crippen LogP contribution in [0.1, 0.15) is 5.76 Å². The summed E-state index contributed by atoms with van der Waals surface area (Å²) < 4.78 is 56.5. The van der Waals surface area contributed by atoms with Crippen LogP contribution in [0.4, 0.5) is 17.6 Å². The van der Waals surface area contributed by atoms with Gasteiger partial charge in [-0.1, -0.05) is 30.3 Å². The van der Waals surface area contributed by atoms with Crippen molar-refractivity contribution in [3.63, 3.8) is 0 Å². The Morgan fingerprint density at radius 2 is 1.57 bits per heavy atom. The van der Waals surface area contributed by atoms with Gasteiger partial charge >= 0.3 is 6.18 Å². The summed E-state index contributed by atoms with van der Waals surface area (Å²) in [5, 5.41) is 0.586. The Bertz CT molecular complexity index is 769. The average Bonchev–Trinajstić information content (AvgIpc) is 2.75. The zero-order valence-corrected chi connectivity index (χ0v) is 10.7. The Morgan fingerprint density at radius 3 is 2.24 bits per heavy atom. The van der Waals surface area contributed by atoms with Crippen LogP contribution in [0.15, 0.2) is 52.9 Å². The van der Waals surface area contributed by atoms with E-state index >= 15 is 0 Å². The normalized spacial score (nSPS) is 12.0. The minimum atomic E-state index is -4.37. The third-order valence-corrected chi connectivity index (χ3v) is 3.16. The van der Waals surface area contributed by atoms with Crippen LogP contribution in [0.5, 0.6) is 0 Å². The smallest absolute Gasteiger partial charge is 0.396 e. The molecule has 0 fully saturated rings. The monoisotopic (exact) mass is 294 g/mol. The van der Waals surface area contributed by atoms with Gasteiger partial charge in [0, 0.05) is 10.9 Å². The van der Waals surface area contributed by atoms with Crippen molar-refractivity contribution in [1.82, 2.24) is 0 Å². The van der Waals surface area contributed by atoms with E-state index in [0.717, 1.165) is 0 Å². The van der Waals surface area contributed by atoms with Crippen molar-refractivity contribution in [3.8, 4) is 11.1 Å². The first-order chi connectivity index (χ1) is 9.94. The van der Waals surface area contributed by atoms with Crippen molar-refractivity contribution < 1.29 is 22.0 Å². The second-order valence-electron chi connectivity index (χ2n) is 4.70. The summed E-state index contributed by atoms with van der Waals surface area (Å²) in [4.78, 5) is 0. The average molecular weight is 294 g/mol. The second-order valence-corrected chi connectivity index (χ2v) is 4.70. The van der Waals surface area contributed by atoms with Crippen LogP contribution in [-0.2, 0) is 6.42 Å². The zero-order chi connectivity index (χ0) is 15.0. The van der Waals surface area contributed by atoms with Gasteiger partial charge in [0.05, 0.1) is 0 Å². The lowest BCUT2D eigenvalue weighted by Crippen LogP contribution is -2.11. The van der Waals surface area contributed by atoms with Crippen molar-refractivity contribution in [2.45, 2.75) is 12.6 Å². The van der Waals surface area contributed by atoms with Crippen LogP contribution in [0.3, 0.4) is 0 Å². The van der Waals surface area contributed by atoms with E-state index in [1.165, 1.54) is 24.3 Å². The lowest BCUT2D eigenvalue weighted by Gasteiger charge is -2.06. The molecule has 21 heavy (non-hydrogen) atoms. The molecule has 0 N–H and O–H groups in total. The molecule has 0 amide bonds. The Morgan fingerprint density at radius 1 is 0.905 bits per heavy atom. The van der Waals surface area contributed by atoms with E-state index in [0.29, 0.717) is 22.1 Å². The molecule has 0 aliphatic carbocycles. The molecule has 0 bridgehead atoms. The maximum atomic E-state index is 13.0. The van der Waals surface area contributed by atoms with Gasteiger partial charge in [0.1, 0.15) is 23.6 Å². The Labute approximate surface area is 117 Å². The molecule has 1 aromatic heterocycles. The number of rotatable bonds is 2. The predicted octanol–water partition coefficient (Wildman–Crippen LogP) is 5.34. The molecular weight excluding hydrogens is 284 g/mol. The zero-order valence-electron chi connectivity index (χ0n) is 10.7. The third-order valence-electron chi connectivity index (χ3n) is 3.16. The molecule has 3 aromatic rings. The second kappa shape index (κ2) is 4.91. The molecule has 0 aliphatic rings. The molecule has 0 saturated carbocycles. The maximum absolute atomic E-state index is 13.0. The Balaban J connectivity index is 2.22. The number of hydrogen-bond donors (Lipinski definition) is 0. The van der Waals surface area contributed by atoms with Crippen molar-refractivity contribution >= 4 is 11.0 Å². The lowest BCUT2D eigenvalue weighted by molar-refractivity contribution is -0.129. The molecule has 1 nitrogen and oxygen atoms in total. The van der Waals surface area contributed by atoms with Crippen molar-refractivity contribution in [1.29, 1.82) is 0 Å². The number of halogens is 4. The highest BCUT2D eigenvalue weighted by Gasteiger charge is 2.32. The summed E-state index contributed by atoms with van der Waals surface area (Å²) in [6, 6.07) is 12.1. The standard InChI is InChI=1S/C16H10F4O/c17-11-7-5-10(6-8-11)15-12-3-1-2-4-13(12)21-14(15)9-16(18,19)20/h1-8H,9H2. The lowest BCUT2D eigenvalue weighted by atomic mass is 10.0. The highest BCUT2D eigenvalue weighted by atomic mass is 19.4. The first kappa shape index (κ1) is 13.7. The van der Waals surface area contributed by atoms with Gasteiger partial charge in [-0.2, -0.15) is 13.2 Å². The first-order valence-corrected chi connectivity index (χ1v) is 6.27. The molecule has 0 saturated heterocycles. The molecule has 0 atom stereocenters. The van der Waals surface area contributed by atoms with Gasteiger partial charge in [0.2, 0.25) is 0 Å². The summed E-state index contributed by atoms with van der Waals surface area (Å²) in [6.07, 6.45) is -5.53. The minimum absolute atomic E-state index is 0.157. The quantitative estimate of drug-likeness (QED) is 0.581. The molecule has 5 heteroatoms. The molecular formula is C16H10F4O. The van der Waals surface area contributed by atoms with Gasteiger partial charge in [0.15, 0.2) is 0 Å². The summed E-state index contributed by atoms with van der Waals surface area (Å²) in [5.41, 5.74) is 1.25. The third kappa shape index (κ3) is 2.77. The van der Waals surface area contributed by atoms with Gasteiger partial charge in [-0.05, 0) is 23.8 Å². The Hall–Kier alpha value is -2.30. The molecule has 0 spiro atoms. The highest BCUT2D eigenvalue weighted by molar-refractivity contribution is 5.95. The van der Waals surface area contributed by atoms with E-state index in [-0.39, 0.29) is 5.76 Å². The fourth-order valence-corrected chi connectivity index (χ4v) is 2.34. The van der Waals surface area contributed by atoms with E-state index < -0.39 is 18.4 Å². The van der Waals surface area contributed by atoms with Gasteiger partial charge in [-0.3, -0.25) is 0 Å². The van der Waals surface area contributed by atoms with E-state index in [2.05, 4.69) is 0 Å². The van der Waals surface area contributed by atoms with Crippen molar-refractivity contribution in [2.24, 2.45) is 0 Å². The molecule has 0 radical (unpaired) electrons. The van der Waals surface area contributed by atoms with Gasteiger partial charge in [-0.15, -0.1) is 0 Å². The minimum Gasteiger partial charge on any atom is -0.460 e. The number of para-hydroxylation sites is 1. The van der Waals surface area contributed by atoms with Crippen LogP contribution in [0, 0.1) is 5.82 Å². The molecule has 0 aliphatic heterocycles. The molecule has 2 aromatic carbocycles. The van der Waals surface area contributed by atoms with E-state index in [1.54, 1.807) is 24.3 Å². The Kier molecular flexibility index (Phi) is 3.20. The number of benzene rings is 2. The first-order valence-electron chi connectivity index (χ1n) is 6.27. The van der Waals surface area contributed by atoms with Crippen molar-refractivity contribution in [3.05, 3.63) is 60.1 Å². The van der Waals surface area contributed by atoms with E-state index in [4.69, 9.17) is 4.42 Å². The highest BCUT2D eigenvalue weighted by Crippen LogP contribution is 2.37. The summed E-state index contributed by atoms with van der Waals surface area (Å²) in [7, 11) is 0. The van der Waals surface area contributed by atoms with Gasteiger partial charge < -0.3 is 4.42 Å². The SMILES string of the molecule is Fc1ccc(-c2c(CC(F)(F)F)oc3ccccc23)cc1. The number of furan rings is 1. The molecule has 1 heterocycles. The fraction of sp³-hybridized carbons (Fsp3) is 0.125. The van der Waals surface area contributed by atoms with Crippen LogP contribution in [0.25, 0.3) is 22.1 Å². The van der Waals surface area contributed by atoms with Gasteiger partial charge in [0.25, 0.3) is 0 Å². The number of fused-ring (bicyclic) bond motifs is 1. The number of hydrogen-bond acceptors (Lipinski definition) is 1. The molecule has 108 valence electrons. The van der Waals surface area contributed by atoms with Crippen LogP contribution in [0.2, 0.25) is 0 Å². The summed E-state index contributed by atoms with van der Waals surface area (Å²) in [6.45, 7) is 0. The van der Waals surface area contributed by atoms with Gasteiger partial charge in [-0.25, -0.2) is 4.39 Å². The summed E-state index contributed by atoms with van der Waals surface area (Å²) in [5.74, 6) is -0.598. The maximum Gasteiger partial charge on any atom is 0.396 e. The van der Waals surface area contributed by atoms with E-state index in [9.17, 15) is 17.6 Å². The molecule has 3 rings (SSSR count). The topological polar surface area (TPSA) is 13.1 Å². The molecule has 0 unspecified atom stereocenters. The number of alkyl halides is 3. The van der Waals surface area contributed by atoms with Crippen LogP contribution < -0.4 is 0 Å². The van der Waals surface area contributed by atoms with Crippen LogP contribution in [-0.4, -0.2) is 6.18 Å². The fourth-order valence-electron chi connectivity index (χ4n) is 2.34. The van der Waals surface area contributed by atoms with Crippen LogP contribution >= 0.6 is 0 Å².